The fourth-order valence-corrected chi connectivity index (χ4v) is 2.28. The first-order valence-corrected chi connectivity index (χ1v) is 6.73. The average Bonchev–Trinajstić information content (AvgIpc) is 2.53. The molecule has 0 aliphatic rings. The lowest BCUT2D eigenvalue weighted by Gasteiger charge is -2.01. The molecule has 21 heavy (non-hydrogen) atoms. The molecule has 0 saturated heterocycles. The van der Waals surface area contributed by atoms with Crippen molar-refractivity contribution in [3.8, 4) is 5.75 Å². The number of hydrogen-bond donors (Lipinski definition) is 1. The summed E-state index contributed by atoms with van der Waals surface area (Å²) in [6.45, 7) is 0. The Morgan fingerprint density at radius 1 is 0.857 bits per heavy atom. The van der Waals surface area contributed by atoms with Crippen LogP contribution in [-0.2, 0) is 0 Å². The van der Waals surface area contributed by atoms with Crippen LogP contribution in [0.5, 0.6) is 5.75 Å². The van der Waals surface area contributed by atoms with Crippen LogP contribution in [0.4, 0.5) is 0 Å². The van der Waals surface area contributed by atoms with Crippen molar-refractivity contribution in [3.05, 3.63) is 83.9 Å². The smallest absolute Gasteiger partial charge is 0.185 e. The summed E-state index contributed by atoms with van der Waals surface area (Å²) in [6, 6.07) is 20.4. The molecule has 0 spiro atoms. The highest BCUT2D eigenvalue weighted by molar-refractivity contribution is 6.07. The minimum Gasteiger partial charge on any atom is -0.508 e. The Balaban J connectivity index is 1.91. The predicted octanol–water partition coefficient (Wildman–Crippen LogP) is 4.44. The van der Waals surface area contributed by atoms with E-state index in [4.69, 9.17) is 0 Å². The lowest BCUT2D eigenvalue weighted by atomic mass is 10.0. The zero-order chi connectivity index (χ0) is 14.7. The van der Waals surface area contributed by atoms with Crippen LogP contribution >= 0.6 is 0 Å². The summed E-state index contributed by atoms with van der Waals surface area (Å²) < 4.78 is 0. The normalized spacial score (nSPS) is 11.0. The van der Waals surface area contributed by atoms with E-state index >= 15 is 0 Å². The van der Waals surface area contributed by atoms with Crippen molar-refractivity contribution in [3.63, 3.8) is 0 Å². The first-order chi connectivity index (χ1) is 10.2. The van der Waals surface area contributed by atoms with E-state index in [2.05, 4.69) is 12.1 Å². The van der Waals surface area contributed by atoms with Gasteiger partial charge in [-0.3, -0.25) is 4.79 Å². The zero-order valence-electron chi connectivity index (χ0n) is 11.4. The number of phenols is 1. The number of hydrogen-bond acceptors (Lipinski definition) is 2. The molecule has 0 unspecified atom stereocenters. The Kier molecular flexibility index (Phi) is 3.52. The van der Waals surface area contributed by atoms with E-state index in [-0.39, 0.29) is 11.5 Å². The fourth-order valence-electron chi connectivity index (χ4n) is 2.28. The number of rotatable bonds is 3. The van der Waals surface area contributed by atoms with E-state index in [1.54, 1.807) is 18.2 Å². The van der Waals surface area contributed by atoms with Crippen LogP contribution in [0.25, 0.3) is 16.8 Å². The molecule has 0 aromatic heterocycles. The van der Waals surface area contributed by atoms with Crippen molar-refractivity contribution in [1.29, 1.82) is 0 Å². The maximum absolute atomic E-state index is 12.1. The number of ketones is 1. The number of carbonyl (C=O) groups excluding carboxylic acids is 1. The van der Waals surface area contributed by atoms with Crippen LogP contribution in [0, 0.1) is 0 Å². The molecule has 0 saturated carbocycles. The largest absolute Gasteiger partial charge is 0.508 e. The summed E-state index contributed by atoms with van der Waals surface area (Å²) in [5.41, 5.74) is 1.57. The third kappa shape index (κ3) is 2.84. The molecular weight excluding hydrogens is 260 g/mol. The molecule has 0 aliphatic heterocycles. The van der Waals surface area contributed by atoms with Gasteiger partial charge in [-0.05, 0) is 46.7 Å². The summed E-state index contributed by atoms with van der Waals surface area (Å²) in [5.74, 6) is 0.0764. The van der Waals surface area contributed by atoms with Crippen LogP contribution in [0.3, 0.4) is 0 Å². The Bertz CT molecular complexity index is 809. The van der Waals surface area contributed by atoms with Crippen molar-refractivity contribution in [1.82, 2.24) is 0 Å². The van der Waals surface area contributed by atoms with E-state index in [1.165, 1.54) is 12.1 Å². The molecule has 3 rings (SSSR count). The molecular formula is C19H14O2. The number of allylic oxidation sites excluding steroid dienone is 1. The maximum Gasteiger partial charge on any atom is 0.185 e. The van der Waals surface area contributed by atoms with Crippen LogP contribution in [-0.4, -0.2) is 10.9 Å². The van der Waals surface area contributed by atoms with Crippen molar-refractivity contribution < 1.29 is 9.90 Å². The van der Waals surface area contributed by atoms with Gasteiger partial charge in [0.05, 0.1) is 0 Å². The van der Waals surface area contributed by atoms with E-state index in [0.717, 1.165) is 16.3 Å². The summed E-state index contributed by atoms with van der Waals surface area (Å²) >= 11 is 0. The van der Waals surface area contributed by atoms with Gasteiger partial charge in [0.25, 0.3) is 0 Å². The van der Waals surface area contributed by atoms with Crippen LogP contribution < -0.4 is 0 Å². The number of phenolic OH excluding ortho intramolecular Hbond substituents is 1. The van der Waals surface area contributed by atoms with Gasteiger partial charge in [0, 0.05) is 5.56 Å². The molecule has 2 nitrogen and oxygen atoms in total. The molecule has 0 fully saturated rings. The molecule has 0 bridgehead atoms. The van der Waals surface area contributed by atoms with E-state index in [9.17, 15) is 9.90 Å². The lowest BCUT2D eigenvalue weighted by molar-refractivity contribution is 0.104. The van der Waals surface area contributed by atoms with Crippen molar-refractivity contribution >= 4 is 22.6 Å². The lowest BCUT2D eigenvalue weighted by Crippen LogP contribution is -1.93. The number of fused-ring (bicyclic) bond motifs is 1. The minimum absolute atomic E-state index is 0.0806. The van der Waals surface area contributed by atoms with Gasteiger partial charge in [-0.15, -0.1) is 0 Å². The Labute approximate surface area is 123 Å². The first kappa shape index (κ1) is 13.1. The van der Waals surface area contributed by atoms with E-state index in [1.807, 2.05) is 36.4 Å². The Morgan fingerprint density at radius 3 is 2.38 bits per heavy atom. The molecule has 2 heteroatoms. The molecule has 0 atom stereocenters. The third-order valence-electron chi connectivity index (χ3n) is 3.39. The molecule has 3 aromatic carbocycles. The SMILES string of the molecule is O=C(/C=C\c1cccc2ccccc12)c1ccc(O)cc1. The second-order valence-electron chi connectivity index (χ2n) is 4.81. The summed E-state index contributed by atoms with van der Waals surface area (Å²) in [5, 5.41) is 11.5. The standard InChI is InChI=1S/C19H14O2/c20-17-11-8-16(9-12-17)19(21)13-10-15-6-3-5-14-4-1-2-7-18(14)15/h1-13,20H/b13-10-. The maximum atomic E-state index is 12.1. The van der Waals surface area contributed by atoms with Gasteiger partial charge in [0.1, 0.15) is 5.75 Å². The summed E-state index contributed by atoms with van der Waals surface area (Å²) in [4.78, 5) is 12.1. The van der Waals surface area contributed by atoms with E-state index in [0.29, 0.717) is 5.56 Å². The zero-order valence-corrected chi connectivity index (χ0v) is 11.4. The van der Waals surface area contributed by atoms with Crippen LogP contribution in [0.15, 0.2) is 72.8 Å². The van der Waals surface area contributed by atoms with Gasteiger partial charge >= 0.3 is 0 Å². The highest BCUT2D eigenvalue weighted by atomic mass is 16.3. The molecule has 0 heterocycles. The number of benzene rings is 3. The van der Waals surface area contributed by atoms with Gasteiger partial charge in [-0.2, -0.15) is 0 Å². The van der Waals surface area contributed by atoms with Gasteiger partial charge in [0.2, 0.25) is 0 Å². The topological polar surface area (TPSA) is 37.3 Å². The number of carbonyl (C=O) groups is 1. The molecule has 0 amide bonds. The van der Waals surface area contributed by atoms with Crippen LogP contribution in [0.2, 0.25) is 0 Å². The van der Waals surface area contributed by atoms with Gasteiger partial charge < -0.3 is 5.11 Å². The fraction of sp³-hybridized carbons (Fsp3) is 0. The van der Waals surface area contributed by atoms with Gasteiger partial charge in [-0.1, -0.05) is 48.5 Å². The predicted molar refractivity (Wildman–Crippen MR) is 85.4 cm³/mol. The van der Waals surface area contributed by atoms with Crippen molar-refractivity contribution in [2.45, 2.75) is 0 Å². The van der Waals surface area contributed by atoms with E-state index < -0.39 is 0 Å². The van der Waals surface area contributed by atoms with Crippen molar-refractivity contribution in [2.24, 2.45) is 0 Å². The summed E-state index contributed by atoms with van der Waals surface area (Å²) in [7, 11) is 0. The monoisotopic (exact) mass is 274 g/mol. The quantitative estimate of drug-likeness (QED) is 0.566. The Hall–Kier alpha value is -2.87. The summed E-state index contributed by atoms with van der Waals surface area (Å²) in [6.07, 6.45) is 3.39. The van der Waals surface area contributed by atoms with Crippen LogP contribution in [0.1, 0.15) is 15.9 Å². The Morgan fingerprint density at radius 2 is 1.57 bits per heavy atom. The highest BCUT2D eigenvalue weighted by Crippen LogP contribution is 2.20. The molecule has 102 valence electrons. The van der Waals surface area contributed by atoms with Crippen molar-refractivity contribution in [2.75, 3.05) is 0 Å². The van der Waals surface area contributed by atoms with Gasteiger partial charge in [0.15, 0.2) is 5.78 Å². The highest BCUT2D eigenvalue weighted by Gasteiger charge is 2.02. The average molecular weight is 274 g/mol. The molecule has 0 radical (unpaired) electrons. The first-order valence-electron chi connectivity index (χ1n) is 6.73. The molecule has 3 aromatic rings. The second kappa shape index (κ2) is 5.63. The van der Waals surface area contributed by atoms with Gasteiger partial charge in [-0.25, -0.2) is 0 Å². The molecule has 0 aliphatic carbocycles. The third-order valence-corrected chi connectivity index (χ3v) is 3.39. The second-order valence-corrected chi connectivity index (χ2v) is 4.81. The number of aromatic hydroxyl groups is 1. The molecule has 1 N–H and O–H groups in total. The minimum atomic E-state index is -0.0806.